The summed E-state index contributed by atoms with van der Waals surface area (Å²) in [5, 5.41) is 0. The molecule has 0 aromatic carbocycles. The smallest absolute Gasteiger partial charge is 0.310 e. The van der Waals surface area contributed by atoms with Gasteiger partial charge in [-0.2, -0.15) is 0 Å². The van der Waals surface area contributed by atoms with E-state index < -0.39 is 29.7 Å². The zero-order chi connectivity index (χ0) is 19.1. The molecule has 0 aliphatic heterocycles. The summed E-state index contributed by atoms with van der Waals surface area (Å²) in [4.78, 5) is 36.4. The summed E-state index contributed by atoms with van der Waals surface area (Å²) in [6, 6.07) is 0. The minimum atomic E-state index is -0.875. The van der Waals surface area contributed by atoms with Crippen molar-refractivity contribution in [3.8, 4) is 0 Å². The van der Waals surface area contributed by atoms with Crippen LogP contribution in [0.2, 0.25) is 0 Å². The summed E-state index contributed by atoms with van der Waals surface area (Å²) in [6.07, 6.45) is 4.83. The van der Waals surface area contributed by atoms with Crippen LogP contribution < -0.4 is 0 Å². The van der Waals surface area contributed by atoms with Crippen LogP contribution in [0.3, 0.4) is 0 Å². The maximum atomic E-state index is 12.3. The van der Waals surface area contributed by atoms with Crippen LogP contribution in [0.25, 0.3) is 0 Å². The molecular formula is C19H34O6. The van der Waals surface area contributed by atoms with Crippen molar-refractivity contribution in [3.05, 3.63) is 0 Å². The second-order valence-electron chi connectivity index (χ2n) is 6.22. The van der Waals surface area contributed by atoms with Crippen molar-refractivity contribution in [2.24, 2.45) is 11.8 Å². The average Bonchev–Trinajstić information content (AvgIpc) is 2.59. The molecule has 25 heavy (non-hydrogen) atoms. The first kappa shape index (κ1) is 23.4. The van der Waals surface area contributed by atoms with Gasteiger partial charge in [-0.05, 0) is 19.3 Å². The fourth-order valence-corrected chi connectivity index (χ4v) is 2.07. The van der Waals surface area contributed by atoms with Gasteiger partial charge in [-0.25, -0.2) is 0 Å². The minimum Gasteiger partial charge on any atom is -0.466 e. The lowest BCUT2D eigenvalue weighted by Crippen LogP contribution is -2.33. The number of unbranched alkanes of at least 4 members (excludes halogenated alkanes) is 3. The molecule has 0 spiro atoms. The summed E-state index contributed by atoms with van der Waals surface area (Å²) >= 11 is 0. The van der Waals surface area contributed by atoms with E-state index in [2.05, 4.69) is 0 Å². The Bertz CT molecular complexity index is 393. The normalized spacial score (nSPS) is 13.0. The van der Waals surface area contributed by atoms with Gasteiger partial charge in [0.1, 0.15) is 0 Å². The number of esters is 3. The van der Waals surface area contributed by atoms with E-state index in [1.165, 1.54) is 0 Å². The van der Waals surface area contributed by atoms with Gasteiger partial charge in [0.25, 0.3) is 0 Å². The first-order valence-corrected chi connectivity index (χ1v) is 9.46. The molecule has 6 heteroatoms. The van der Waals surface area contributed by atoms with Crippen LogP contribution in [0, 0.1) is 11.8 Å². The summed E-state index contributed by atoms with van der Waals surface area (Å²) in [6.45, 7) is 8.51. The first-order valence-electron chi connectivity index (χ1n) is 9.46. The van der Waals surface area contributed by atoms with E-state index in [1.54, 1.807) is 6.92 Å². The highest BCUT2D eigenvalue weighted by atomic mass is 16.5. The highest BCUT2D eigenvalue weighted by Gasteiger charge is 2.35. The molecule has 0 saturated carbocycles. The van der Waals surface area contributed by atoms with Crippen LogP contribution in [0.5, 0.6) is 0 Å². The number of rotatable bonds is 14. The van der Waals surface area contributed by atoms with Crippen LogP contribution in [0.1, 0.15) is 72.6 Å². The number of ether oxygens (including phenoxy) is 3. The SMILES string of the molecule is CCCCOC(=O)CC(C(=O)OCCCC)C(C)C(=O)OCCCC. The molecule has 0 bridgehead atoms. The molecule has 0 rings (SSSR count). The van der Waals surface area contributed by atoms with Gasteiger partial charge in [-0.3, -0.25) is 14.4 Å². The third kappa shape index (κ3) is 10.8. The standard InChI is InChI=1S/C19H34O6/c1-5-8-11-23-17(20)14-16(19(22)25-13-10-7-3)15(4)18(21)24-12-9-6-2/h15-16H,5-14H2,1-4H3. The van der Waals surface area contributed by atoms with Crippen LogP contribution in [0.4, 0.5) is 0 Å². The molecule has 0 fully saturated rings. The third-order valence-corrected chi connectivity index (χ3v) is 3.91. The van der Waals surface area contributed by atoms with Crippen LogP contribution in [-0.2, 0) is 28.6 Å². The monoisotopic (exact) mass is 358 g/mol. The fourth-order valence-electron chi connectivity index (χ4n) is 2.07. The fraction of sp³-hybridized carbons (Fsp3) is 0.842. The number of carbonyl (C=O) groups is 3. The summed E-state index contributed by atoms with van der Waals surface area (Å²) < 4.78 is 15.5. The van der Waals surface area contributed by atoms with Gasteiger partial charge in [0, 0.05) is 0 Å². The summed E-state index contributed by atoms with van der Waals surface area (Å²) in [5.74, 6) is -3.13. The van der Waals surface area contributed by atoms with E-state index in [-0.39, 0.29) is 13.0 Å². The Balaban J connectivity index is 4.76. The zero-order valence-corrected chi connectivity index (χ0v) is 16.2. The second-order valence-corrected chi connectivity index (χ2v) is 6.22. The first-order chi connectivity index (χ1) is 12.0. The van der Waals surface area contributed by atoms with E-state index in [1.807, 2.05) is 20.8 Å². The van der Waals surface area contributed by atoms with Crippen molar-refractivity contribution >= 4 is 17.9 Å². The van der Waals surface area contributed by atoms with Crippen molar-refractivity contribution < 1.29 is 28.6 Å². The summed E-state index contributed by atoms with van der Waals surface area (Å²) in [5.41, 5.74) is 0. The maximum absolute atomic E-state index is 12.3. The van der Waals surface area contributed by atoms with Crippen molar-refractivity contribution in [2.45, 2.75) is 72.6 Å². The Morgan fingerprint density at radius 3 is 1.64 bits per heavy atom. The van der Waals surface area contributed by atoms with E-state index in [9.17, 15) is 14.4 Å². The van der Waals surface area contributed by atoms with Crippen LogP contribution >= 0.6 is 0 Å². The Morgan fingerprint density at radius 1 is 0.720 bits per heavy atom. The van der Waals surface area contributed by atoms with Gasteiger partial charge in [0.05, 0.1) is 38.1 Å². The highest BCUT2D eigenvalue weighted by molar-refractivity contribution is 5.85. The molecule has 2 unspecified atom stereocenters. The number of hydrogen-bond acceptors (Lipinski definition) is 6. The van der Waals surface area contributed by atoms with Crippen molar-refractivity contribution in [1.82, 2.24) is 0 Å². The van der Waals surface area contributed by atoms with E-state index in [0.717, 1.165) is 38.5 Å². The molecular weight excluding hydrogens is 324 g/mol. The lowest BCUT2D eigenvalue weighted by atomic mass is 9.91. The predicted molar refractivity (Wildman–Crippen MR) is 94.9 cm³/mol. The quantitative estimate of drug-likeness (QED) is 0.268. The maximum Gasteiger partial charge on any atom is 0.310 e. The molecule has 0 amide bonds. The topological polar surface area (TPSA) is 78.9 Å². The molecule has 0 radical (unpaired) electrons. The van der Waals surface area contributed by atoms with Crippen LogP contribution in [0.15, 0.2) is 0 Å². The molecule has 0 aliphatic rings. The third-order valence-electron chi connectivity index (χ3n) is 3.91. The molecule has 0 heterocycles. The van der Waals surface area contributed by atoms with Gasteiger partial charge in [0.15, 0.2) is 0 Å². The Hall–Kier alpha value is -1.59. The predicted octanol–water partition coefficient (Wildman–Crippen LogP) is 3.66. The number of hydrogen-bond donors (Lipinski definition) is 0. The lowest BCUT2D eigenvalue weighted by molar-refractivity contribution is -0.163. The van der Waals surface area contributed by atoms with Gasteiger partial charge in [-0.15, -0.1) is 0 Å². The van der Waals surface area contributed by atoms with Gasteiger partial charge in [0.2, 0.25) is 0 Å². The molecule has 0 N–H and O–H groups in total. The lowest BCUT2D eigenvalue weighted by Gasteiger charge is -2.21. The molecule has 2 atom stereocenters. The van der Waals surface area contributed by atoms with Gasteiger partial charge in [-0.1, -0.05) is 47.0 Å². The van der Waals surface area contributed by atoms with Gasteiger partial charge >= 0.3 is 17.9 Å². The second kappa shape index (κ2) is 14.7. The Labute approximate surface area is 151 Å². The highest BCUT2D eigenvalue weighted by Crippen LogP contribution is 2.21. The Kier molecular flexibility index (Phi) is 13.8. The van der Waals surface area contributed by atoms with Crippen molar-refractivity contribution in [2.75, 3.05) is 19.8 Å². The summed E-state index contributed by atoms with van der Waals surface area (Å²) in [7, 11) is 0. The Morgan fingerprint density at radius 2 is 1.16 bits per heavy atom. The van der Waals surface area contributed by atoms with E-state index >= 15 is 0 Å². The van der Waals surface area contributed by atoms with Gasteiger partial charge < -0.3 is 14.2 Å². The molecule has 0 aromatic heterocycles. The van der Waals surface area contributed by atoms with Crippen LogP contribution in [-0.4, -0.2) is 37.7 Å². The zero-order valence-electron chi connectivity index (χ0n) is 16.2. The molecule has 6 nitrogen and oxygen atoms in total. The number of carbonyl (C=O) groups excluding carboxylic acids is 3. The van der Waals surface area contributed by atoms with E-state index in [0.29, 0.717) is 13.2 Å². The largest absolute Gasteiger partial charge is 0.466 e. The van der Waals surface area contributed by atoms with Crippen molar-refractivity contribution in [3.63, 3.8) is 0 Å². The minimum absolute atomic E-state index is 0.168. The molecule has 0 aromatic rings. The molecule has 146 valence electrons. The molecule has 0 saturated heterocycles. The molecule has 0 aliphatic carbocycles. The van der Waals surface area contributed by atoms with E-state index in [4.69, 9.17) is 14.2 Å². The average molecular weight is 358 g/mol. The van der Waals surface area contributed by atoms with Crippen molar-refractivity contribution in [1.29, 1.82) is 0 Å².